The lowest BCUT2D eigenvalue weighted by Crippen LogP contribution is -2.20. The molecule has 0 saturated carbocycles. The maximum atomic E-state index is 12.2. The van der Waals surface area contributed by atoms with E-state index in [0.29, 0.717) is 26.7 Å². The molecule has 0 aromatic heterocycles. The number of hydrogen-bond donors (Lipinski definition) is 0. The van der Waals surface area contributed by atoms with Crippen LogP contribution < -0.4 is 0 Å². The molecule has 0 aliphatic heterocycles. The van der Waals surface area contributed by atoms with Crippen molar-refractivity contribution in [1.29, 1.82) is 0 Å². The highest BCUT2D eigenvalue weighted by molar-refractivity contribution is 9.10. The highest BCUT2D eigenvalue weighted by Crippen LogP contribution is 2.28. The quantitative estimate of drug-likeness (QED) is 0.636. The number of carbonyl (C=O) groups is 2. The van der Waals surface area contributed by atoms with E-state index in [4.69, 9.17) is 0 Å². The smallest absolute Gasteiger partial charge is 0.194 e. The van der Waals surface area contributed by atoms with E-state index >= 15 is 0 Å². The molecule has 2 nitrogen and oxygen atoms in total. The standard InChI is InChI=1S/C14H6BrO2/c15-8-5-6-11-12(7-8)14(17)10-4-2-1-3-9(10)13(11)16/h1-4,6-7H. The van der Waals surface area contributed by atoms with Gasteiger partial charge in [-0.05, 0) is 18.2 Å². The van der Waals surface area contributed by atoms with Crippen LogP contribution >= 0.6 is 15.9 Å². The van der Waals surface area contributed by atoms with Gasteiger partial charge in [0.05, 0.1) is 0 Å². The van der Waals surface area contributed by atoms with Gasteiger partial charge in [-0.1, -0.05) is 40.2 Å². The van der Waals surface area contributed by atoms with Crippen LogP contribution in [0.4, 0.5) is 0 Å². The fraction of sp³-hybridized carbons (Fsp3) is 0. The van der Waals surface area contributed by atoms with Crippen LogP contribution in [0.2, 0.25) is 0 Å². The van der Waals surface area contributed by atoms with E-state index in [0.717, 1.165) is 0 Å². The van der Waals surface area contributed by atoms with Gasteiger partial charge in [0.1, 0.15) is 0 Å². The molecular formula is C14H6BrO2. The van der Waals surface area contributed by atoms with Gasteiger partial charge in [0.25, 0.3) is 0 Å². The minimum Gasteiger partial charge on any atom is -0.289 e. The van der Waals surface area contributed by atoms with Crippen LogP contribution in [-0.4, -0.2) is 11.6 Å². The summed E-state index contributed by atoms with van der Waals surface area (Å²) in [5, 5.41) is 0. The third-order valence-electron chi connectivity index (χ3n) is 2.82. The third-order valence-corrected chi connectivity index (χ3v) is 3.28. The van der Waals surface area contributed by atoms with Gasteiger partial charge in [-0.15, -0.1) is 0 Å². The molecule has 81 valence electrons. The molecule has 0 saturated heterocycles. The molecule has 17 heavy (non-hydrogen) atoms. The summed E-state index contributed by atoms with van der Waals surface area (Å²) in [7, 11) is 0. The van der Waals surface area contributed by atoms with E-state index in [1.165, 1.54) is 0 Å². The molecule has 0 heterocycles. The molecule has 0 unspecified atom stereocenters. The topological polar surface area (TPSA) is 34.1 Å². The molecule has 1 radical (unpaired) electrons. The normalized spacial score (nSPS) is 13.2. The minimum absolute atomic E-state index is 0.107. The van der Waals surface area contributed by atoms with Crippen molar-refractivity contribution in [3.8, 4) is 0 Å². The van der Waals surface area contributed by atoms with Gasteiger partial charge in [0, 0.05) is 26.7 Å². The maximum absolute atomic E-state index is 12.2. The summed E-state index contributed by atoms with van der Waals surface area (Å²) in [6.07, 6.45) is 0. The second kappa shape index (κ2) is 3.64. The van der Waals surface area contributed by atoms with E-state index in [9.17, 15) is 9.59 Å². The van der Waals surface area contributed by atoms with Crippen molar-refractivity contribution in [2.75, 3.05) is 0 Å². The number of rotatable bonds is 0. The summed E-state index contributed by atoms with van der Waals surface area (Å²) in [6, 6.07) is 13.0. The van der Waals surface area contributed by atoms with E-state index in [1.54, 1.807) is 36.4 Å². The number of ketones is 2. The van der Waals surface area contributed by atoms with Gasteiger partial charge in [-0.3, -0.25) is 9.59 Å². The Balaban J connectivity index is 2.33. The Morgan fingerprint density at radius 1 is 0.882 bits per heavy atom. The summed E-state index contributed by atoms with van der Waals surface area (Å²) in [4.78, 5) is 24.4. The van der Waals surface area contributed by atoms with E-state index < -0.39 is 0 Å². The molecule has 1 aliphatic carbocycles. The van der Waals surface area contributed by atoms with Crippen molar-refractivity contribution in [3.05, 3.63) is 69.2 Å². The van der Waals surface area contributed by atoms with Crippen LogP contribution in [0.1, 0.15) is 31.8 Å². The number of fused-ring (bicyclic) bond motifs is 2. The summed E-state index contributed by atoms with van der Waals surface area (Å²) in [5.41, 5.74) is 1.82. The van der Waals surface area contributed by atoms with E-state index in [-0.39, 0.29) is 11.6 Å². The Morgan fingerprint density at radius 2 is 1.47 bits per heavy atom. The maximum Gasteiger partial charge on any atom is 0.194 e. The predicted molar refractivity (Wildman–Crippen MR) is 66.3 cm³/mol. The third kappa shape index (κ3) is 1.46. The second-order valence-corrected chi connectivity index (χ2v) is 4.67. The molecule has 0 N–H and O–H groups in total. The first kappa shape index (κ1) is 10.4. The van der Waals surface area contributed by atoms with Crippen LogP contribution in [0.3, 0.4) is 0 Å². The number of benzene rings is 2. The van der Waals surface area contributed by atoms with Gasteiger partial charge < -0.3 is 0 Å². The monoisotopic (exact) mass is 285 g/mol. The molecule has 3 rings (SSSR count). The average Bonchev–Trinajstić information content (AvgIpc) is 2.36. The predicted octanol–water partition coefficient (Wildman–Crippen LogP) is 3.02. The van der Waals surface area contributed by atoms with E-state index in [2.05, 4.69) is 22.0 Å². The lowest BCUT2D eigenvalue weighted by molar-refractivity contribution is 0.0979. The SMILES string of the molecule is O=C1c2c[c]c(Br)cc2C(=O)c2ccccc21. The van der Waals surface area contributed by atoms with Crippen molar-refractivity contribution < 1.29 is 9.59 Å². The molecule has 2 aromatic carbocycles. The Morgan fingerprint density at radius 3 is 2.12 bits per heavy atom. The van der Waals surface area contributed by atoms with Crippen LogP contribution in [0, 0.1) is 6.07 Å². The average molecular weight is 286 g/mol. The van der Waals surface area contributed by atoms with E-state index in [1.807, 2.05) is 0 Å². The number of carbonyl (C=O) groups excluding carboxylic acids is 2. The largest absolute Gasteiger partial charge is 0.289 e. The molecule has 0 fully saturated rings. The first-order chi connectivity index (χ1) is 8.18. The second-order valence-electron chi connectivity index (χ2n) is 3.81. The van der Waals surface area contributed by atoms with Gasteiger partial charge >= 0.3 is 0 Å². The van der Waals surface area contributed by atoms with Crippen molar-refractivity contribution in [2.24, 2.45) is 0 Å². The molecule has 0 atom stereocenters. The highest BCUT2D eigenvalue weighted by atomic mass is 79.9. The van der Waals surface area contributed by atoms with Crippen LogP contribution in [0.5, 0.6) is 0 Å². The molecule has 2 aromatic rings. The first-order valence-electron chi connectivity index (χ1n) is 5.08. The number of halogens is 1. The van der Waals surface area contributed by atoms with Crippen LogP contribution in [0.15, 0.2) is 40.9 Å². The first-order valence-corrected chi connectivity index (χ1v) is 5.87. The minimum atomic E-state index is -0.112. The zero-order valence-electron chi connectivity index (χ0n) is 8.66. The fourth-order valence-corrected chi connectivity index (χ4v) is 2.35. The summed E-state index contributed by atoms with van der Waals surface area (Å²) >= 11 is 3.26. The van der Waals surface area contributed by atoms with Gasteiger partial charge in [0.2, 0.25) is 0 Å². The highest BCUT2D eigenvalue weighted by Gasteiger charge is 2.29. The van der Waals surface area contributed by atoms with Crippen molar-refractivity contribution in [3.63, 3.8) is 0 Å². The molecule has 3 heteroatoms. The lowest BCUT2D eigenvalue weighted by atomic mass is 9.84. The van der Waals surface area contributed by atoms with Gasteiger partial charge in [-0.2, -0.15) is 0 Å². The Hall–Kier alpha value is -1.74. The Kier molecular flexibility index (Phi) is 2.23. The Labute approximate surface area is 106 Å². The molecule has 0 bridgehead atoms. The lowest BCUT2D eigenvalue weighted by Gasteiger charge is -2.16. The van der Waals surface area contributed by atoms with Crippen LogP contribution in [0.25, 0.3) is 0 Å². The van der Waals surface area contributed by atoms with Crippen LogP contribution in [-0.2, 0) is 0 Å². The van der Waals surface area contributed by atoms with Crippen molar-refractivity contribution in [2.45, 2.75) is 0 Å². The van der Waals surface area contributed by atoms with Gasteiger partial charge in [-0.25, -0.2) is 0 Å². The summed E-state index contributed by atoms with van der Waals surface area (Å²) < 4.78 is 0.678. The zero-order chi connectivity index (χ0) is 12.0. The zero-order valence-corrected chi connectivity index (χ0v) is 10.2. The Bertz CT molecular complexity index is 659. The molecule has 1 aliphatic rings. The molecule has 0 amide bonds. The molecule has 0 spiro atoms. The van der Waals surface area contributed by atoms with Crippen molar-refractivity contribution in [1.82, 2.24) is 0 Å². The summed E-state index contributed by atoms with van der Waals surface area (Å²) in [5.74, 6) is -0.219. The van der Waals surface area contributed by atoms with Crippen molar-refractivity contribution >= 4 is 27.5 Å². The molecular weight excluding hydrogens is 280 g/mol. The summed E-state index contributed by atoms with van der Waals surface area (Å²) in [6.45, 7) is 0. The van der Waals surface area contributed by atoms with Gasteiger partial charge in [0.15, 0.2) is 11.6 Å². The number of hydrogen-bond acceptors (Lipinski definition) is 2. The fourth-order valence-electron chi connectivity index (χ4n) is 2.01.